The number of nitrogens with zero attached hydrogens (tertiary/aromatic N) is 2. The first-order chi connectivity index (χ1) is 21.1. The Balaban J connectivity index is 1.17. The van der Waals surface area contributed by atoms with Gasteiger partial charge in [-0.2, -0.15) is 5.06 Å². The summed E-state index contributed by atoms with van der Waals surface area (Å²) in [7, 11) is 1.49. The predicted octanol–water partition coefficient (Wildman–Crippen LogP) is 5.25. The summed E-state index contributed by atoms with van der Waals surface area (Å²) in [5, 5.41) is 4.99. The second-order valence-electron chi connectivity index (χ2n) is 9.78. The zero-order valence-electron chi connectivity index (χ0n) is 24.7. The third kappa shape index (κ3) is 10.1. The van der Waals surface area contributed by atoms with Crippen LogP contribution in [0.2, 0.25) is 0 Å². The van der Waals surface area contributed by atoms with Crippen molar-refractivity contribution < 1.29 is 28.6 Å². The molecular formula is C34H39N3O6. The fraction of sp³-hybridized carbons (Fsp3) is 0.294. The highest BCUT2D eigenvalue weighted by Crippen LogP contribution is 2.29. The van der Waals surface area contributed by atoms with Crippen LogP contribution in [0.25, 0.3) is 6.08 Å². The summed E-state index contributed by atoms with van der Waals surface area (Å²) in [6, 6.07) is 25.7. The molecule has 0 saturated carbocycles. The number of piperazine rings is 1. The van der Waals surface area contributed by atoms with Gasteiger partial charge in [-0.1, -0.05) is 85.0 Å². The second-order valence-corrected chi connectivity index (χ2v) is 9.78. The molecule has 0 aromatic heterocycles. The van der Waals surface area contributed by atoms with Gasteiger partial charge in [-0.25, -0.2) is 4.79 Å². The Bertz CT molecular complexity index is 1320. The molecule has 1 aliphatic heterocycles. The van der Waals surface area contributed by atoms with Crippen LogP contribution in [-0.2, 0) is 14.4 Å². The number of hydroxylamine groups is 2. The fourth-order valence-corrected chi connectivity index (χ4v) is 4.59. The van der Waals surface area contributed by atoms with Crippen molar-refractivity contribution in [3.63, 3.8) is 0 Å². The van der Waals surface area contributed by atoms with Crippen molar-refractivity contribution in [2.75, 3.05) is 53.0 Å². The summed E-state index contributed by atoms with van der Waals surface area (Å²) in [4.78, 5) is 32.7. The normalized spacial score (nSPS) is 14.3. The molecule has 1 heterocycles. The molecule has 1 aliphatic rings. The van der Waals surface area contributed by atoms with Gasteiger partial charge in [-0.3, -0.25) is 14.5 Å². The summed E-state index contributed by atoms with van der Waals surface area (Å²) in [6.07, 6.45) is 5.81. The largest absolute Gasteiger partial charge is 0.513 e. The molecule has 0 radical (unpaired) electrons. The van der Waals surface area contributed by atoms with Gasteiger partial charge in [0, 0.05) is 45.3 Å². The van der Waals surface area contributed by atoms with Crippen LogP contribution in [-0.4, -0.2) is 75.0 Å². The lowest BCUT2D eigenvalue weighted by Gasteiger charge is -2.36. The van der Waals surface area contributed by atoms with Crippen LogP contribution in [0.15, 0.2) is 97.1 Å². The van der Waals surface area contributed by atoms with E-state index in [0.29, 0.717) is 12.3 Å². The van der Waals surface area contributed by atoms with E-state index in [1.807, 2.05) is 47.5 Å². The Hall–Kier alpha value is -4.44. The van der Waals surface area contributed by atoms with Gasteiger partial charge in [-0.05, 0) is 35.7 Å². The minimum Gasteiger partial charge on any atom is -0.493 e. The topological polar surface area (TPSA) is 89.6 Å². The molecule has 226 valence electrons. The van der Waals surface area contributed by atoms with E-state index in [-0.39, 0.29) is 24.4 Å². The minimum absolute atomic E-state index is 0.152. The predicted molar refractivity (Wildman–Crippen MR) is 166 cm³/mol. The molecule has 0 spiro atoms. The molecular weight excluding hydrogens is 546 g/mol. The molecule has 43 heavy (non-hydrogen) atoms. The van der Waals surface area contributed by atoms with Gasteiger partial charge in [0.25, 0.3) is 0 Å². The zero-order valence-corrected chi connectivity index (χ0v) is 24.7. The minimum atomic E-state index is -0.787. The number of hydrogen-bond donors (Lipinski definition) is 1. The monoisotopic (exact) mass is 585 g/mol. The lowest BCUT2D eigenvalue weighted by atomic mass is 10.0. The molecule has 4 rings (SSSR count). The van der Waals surface area contributed by atoms with Crippen molar-refractivity contribution in [3.05, 3.63) is 114 Å². The number of carbonyl (C=O) groups is 2. The number of carbonyl (C=O) groups excluding carboxylic acids is 2. The zero-order chi connectivity index (χ0) is 30.3. The van der Waals surface area contributed by atoms with E-state index in [4.69, 9.17) is 19.0 Å². The molecule has 0 unspecified atom stereocenters. The van der Waals surface area contributed by atoms with Crippen molar-refractivity contribution in [1.82, 2.24) is 15.3 Å². The quantitative estimate of drug-likeness (QED) is 0.126. The van der Waals surface area contributed by atoms with E-state index in [1.165, 1.54) is 13.2 Å². The third-order valence-corrected chi connectivity index (χ3v) is 6.81. The Morgan fingerprint density at radius 2 is 1.56 bits per heavy atom. The molecule has 3 aromatic carbocycles. The lowest BCUT2D eigenvalue weighted by molar-refractivity contribution is -0.203. The van der Waals surface area contributed by atoms with Crippen LogP contribution < -0.4 is 14.8 Å². The SMILES string of the molecule is CCOC(=O)Oc1ccc(C=CC=CC(=O)NCCN2CCN(OC(c3ccccc3)c3ccccc3)CC2)cc1OC. The van der Waals surface area contributed by atoms with E-state index >= 15 is 0 Å². The first-order valence-corrected chi connectivity index (χ1v) is 14.4. The number of hydrogen-bond acceptors (Lipinski definition) is 8. The average Bonchev–Trinajstić information content (AvgIpc) is 3.04. The van der Waals surface area contributed by atoms with Crippen LogP contribution in [0.4, 0.5) is 4.79 Å². The molecule has 0 atom stereocenters. The van der Waals surface area contributed by atoms with Crippen molar-refractivity contribution in [2.45, 2.75) is 13.0 Å². The van der Waals surface area contributed by atoms with Gasteiger partial charge >= 0.3 is 6.16 Å². The first kappa shape index (κ1) is 31.5. The summed E-state index contributed by atoms with van der Waals surface area (Å²) < 4.78 is 15.2. The Kier molecular flexibility index (Phi) is 12.4. The van der Waals surface area contributed by atoms with Gasteiger partial charge in [0.2, 0.25) is 5.91 Å². The number of benzene rings is 3. The molecule has 1 fully saturated rings. The standard InChI is InChI=1S/C34H39N3O6/c1-3-41-34(39)42-30-19-18-27(26-31(30)40-2)12-10-11-17-32(38)35-20-21-36-22-24-37(25-23-36)43-33(28-13-6-4-7-14-28)29-15-8-5-9-16-29/h4-19,26,33H,3,20-25H2,1-2H3,(H,35,38). The Morgan fingerprint density at radius 1 is 0.884 bits per heavy atom. The highest BCUT2D eigenvalue weighted by molar-refractivity contribution is 5.87. The molecule has 1 amide bonds. The number of amides is 1. The summed E-state index contributed by atoms with van der Waals surface area (Å²) >= 11 is 0. The highest BCUT2D eigenvalue weighted by Gasteiger charge is 2.23. The van der Waals surface area contributed by atoms with E-state index < -0.39 is 6.16 Å². The molecule has 0 aliphatic carbocycles. The number of ether oxygens (including phenoxy) is 3. The highest BCUT2D eigenvalue weighted by atomic mass is 16.7. The van der Waals surface area contributed by atoms with Crippen molar-refractivity contribution in [3.8, 4) is 11.5 Å². The maximum Gasteiger partial charge on any atom is 0.513 e. The van der Waals surface area contributed by atoms with E-state index in [9.17, 15) is 9.59 Å². The molecule has 0 bridgehead atoms. The number of nitrogens with one attached hydrogen (secondary N) is 1. The number of methoxy groups -OCH3 is 1. The van der Waals surface area contributed by atoms with E-state index in [1.54, 1.807) is 37.3 Å². The average molecular weight is 586 g/mol. The Labute approximate surface area is 253 Å². The summed E-state index contributed by atoms with van der Waals surface area (Å²) in [5.74, 6) is 0.512. The van der Waals surface area contributed by atoms with Gasteiger partial charge < -0.3 is 19.5 Å². The van der Waals surface area contributed by atoms with Crippen molar-refractivity contribution >= 4 is 18.1 Å². The summed E-state index contributed by atoms with van der Waals surface area (Å²) in [6.45, 7) is 6.54. The second kappa shape index (κ2) is 16.9. The van der Waals surface area contributed by atoms with Gasteiger partial charge in [0.1, 0.15) is 6.10 Å². The van der Waals surface area contributed by atoms with Crippen molar-refractivity contribution in [1.29, 1.82) is 0 Å². The lowest BCUT2D eigenvalue weighted by Crippen LogP contribution is -2.48. The van der Waals surface area contributed by atoms with Crippen LogP contribution in [0.1, 0.15) is 29.7 Å². The van der Waals surface area contributed by atoms with Gasteiger partial charge in [0.05, 0.1) is 13.7 Å². The van der Waals surface area contributed by atoms with Crippen LogP contribution >= 0.6 is 0 Å². The van der Waals surface area contributed by atoms with Crippen LogP contribution in [0.5, 0.6) is 11.5 Å². The van der Waals surface area contributed by atoms with Crippen LogP contribution in [0, 0.1) is 0 Å². The third-order valence-electron chi connectivity index (χ3n) is 6.81. The van der Waals surface area contributed by atoms with Gasteiger partial charge in [0.15, 0.2) is 11.5 Å². The van der Waals surface area contributed by atoms with Crippen molar-refractivity contribution in [2.24, 2.45) is 0 Å². The molecule has 9 nitrogen and oxygen atoms in total. The maximum atomic E-state index is 12.3. The number of allylic oxidation sites excluding steroid dienone is 2. The fourth-order valence-electron chi connectivity index (χ4n) is 4.59. The Morgan fingerprint density at radius 3 is 2.19 bits per heavy atom. The molecule has 1 saturated heterocycles. The molecule has 3 aromatic rings. The van der Waals surface area contributed by atoms with E-state index in [0.717, 1.165) is 49.4 Å². The van der Waals surface area contributed by atoms with E-state index in [2.05, 4.69) is 34.5 Å². The molecule has 9 heteroatoms. The number of rotatable bonds is 13. The first-order valence-electron chi connectivity index (χ1n) is 14.4. The molecule has 1 N–H and O–H groups in total. The maximum absolute atomic E-state index is 12.3. The van der Waals surface area contributed by atoms with Gasteiger partial charge in [-0.15, -0.1) is 0 Å². The summed E-state index contributed by atoms with van der Waals surface area (Å²) in [5.41, 5.74) is 3.07. The smallest absolute Gasteiger partial charge is 0.493 e. The van der Waals surface area contributed by atoms with Crippen LogP contribution in [0.3, 0.4) is 0 Å².